The summed E-state index contributed by atoms with van der Waals surface area (Å²) in [5.74, 6) is 0. The molecule has 1 saturated heterocycles. The Morgan fingerprint density at radius 2 is 2.22 bits per heavy atom. The van der Waals surface area contributed by atoms with Crippen molar-refractivity contribution in [2.75, 3.05) is 26.2 Å². The van der Waals surface area contributed by atoms with Gasteiger partial charge in [-0.05, 0) is 29.3 Å². The van der Waals surface area contributed by atoms with Gasteiger partial charge in [0.15, 0.2) is 0 Å². The molecule has 124 valence electrons. The van der Waals surface area contributed by atoms with E-state index in [4.69, 9.17) is 0 Å². The number of nitrogens with zero attached hydrogens (tertiary/aromatic N) is 4. The third kappa shape index (κ3) is 4.56. The number of piperazine rings is 1. The van der Waals surface area contributed by atoms with Gasteiger partial charge in [-0.2, -0.15) is 11.3 Å². The number of rotatable bonds is 5. The van der Waals surface area contributed by atoms with E-state index in [9.17, 15) is 4.79 Å². The average Bonchev–Trinajstić information content (AvgIpc) is 3.21. The van der Waals surface area contributed by atoms with Gasteiger partial charge in [-0.3, -0.25) is 4.90 Å². The highest BCUT2D eigenvalue weighted by Crippen LogP contribution is 2.11. The molecule has 0 unspecified atom stereocenters. The predicted molar refractivity (Wildman–Crippen MR) is 91.4 cm³/mol. The summed E-state index contributed by atoms with van der Waals surface area (Å²) in [6.45, 7) is 7.17. The molecule has 1 N–H and O–H groups in total. The quantitative estimate of drug-likeness (QED) is 0.909. The molecule has 23 heavy (non-hydrogen) atoms. The van der Waals surface area contributed by atoms with Crippen LogP contribution in [0.15, 0.2) is 35.5 Å². The number of thiophene rings is 1. The molecule has 0 saturated carbocycles. The van der Waals surface area contributed by atoms with E-state index in [1.807, 2.05) is 22.6 Å². The van der Waals surface area contributed by atoms with Crippen LogP contribution >= 0.6 is 11.3 Å². The van der Waals surface area contributed by atoms with E-state index in [0.29, 0.717) is 0 Å². The monoisotopic (exact) mass is 333 g/mol. The maximum atomic E-state index is 12.3. The van der Waals surface area contributed by atoms with E-state index in [0.717, 1.165) is 39.3 Å². The molecule has 1 aliphatic rings. The molecule has 6 nitrogen and oxygen atoms in total. The second-order valence-corrected chi connectivity index (χ2v) is 6.78. The van der Waals surface area contributed by atoms with E-state index < -0.39 is 0 Å². The number of imidazole rings is 1. The van der Waals surface area contributed by atoms with Crippen LogP contribution in [0.4, 0.5) is 4.79 Å². The van der Waals surface area contributed by atoms with Gasteiger partial charge in [0.1, 0.15) is 0 Å². The molecule has 2 aromatic heterocycles. The fraction of sp³-hybridized carbons (Fsp3) is 0.500. The fourth-order valence-electron chi connectivity index (χ4n) is 2.81. The number of urea groups is 1. The second kappa shape index (κ2) is 7.61. The Morgan fingerprint density at radius 3 is 2.87 bits per heavy atom. The van der Waals surface area contributed by atoms with Gasteiger partial charge in [0, 0.05) is 57.7 Å². The first-order chi connectivity index (χ1) is 11.2. The van der Waals surface area contributed by atoms with E-state index in [-0.39, 0.29) is 12.1 Å². The number of carbonyl (C=O) groups excluding carboxylic acids is 1. The average molecular weight is 333 g/mol. The van der Waals surface area contributed by atoms with Gasteiger partial charge in [0.2, 0.25) is 0 Å². The lowest BCUT2D eigenvalue weighted by atomic mass is 10.2. The Morgan fingerprint density at radius 1 is 1.39 bits per heavy atom. The molecule has 1 atom stereocenters. The van der Waals surface area contributed by atoms with Crippen LogP contribution in [0.25, 0.3) is 0 Å². The zero-order valence-electron chi connectivity index (χ0n) is 13.4. The van der Waals surface area contributed by atoms with E-state index in [2.05, 4.69) is 32.0 Å². The van der Waals surface area contributed by atoms with Crippen LogP contribution < -0.4 is 5.32 Å². The van der Waals surface area contributed by atoms with E-state index >= 15 is 0 Å². The Bertz CT molecular complexity index is 590. The van der Waals surface area contributed by atoms with Crippen LogP contribution in [-0.4, -0.2) is 57.6 Å². The third-order valence-corrected chi connectivity index (χ3v) is 4.79. The van der Waals surface area contributed by atoms with Gasteiger partial charge in [-0.15, -0.1) is 0 Å². The highest BCUT2D eigenvalue weighted by atomic mass is 32.1. The summed E-state index contributed by atoms with van der Waals surface area (Å²) in [5, 5.41) is 7.37. The van der Waals surface area contributed by atoms with E-state index in [1.54, 1.807) is 23.9 Å². The number of hydrogen-bond donors (Lipinski definition) is 1. The van der Waals surface area contributed by atoms with Gasteiger partial charge in [0.25, 0.3) is 0 Å². The van der Waals surface area contributed by atoms with Gasteiger partial charge in [-0.25, -0.2) is 9.78 Å². The maximum absolute atomic E-state index is 12.3. The molecule has 3 rings (SSSR count). The Kier molecular flexibility index (Phi) is 5.30. The molecule has 0 aliphatic carbocycles. The SMILES string of the molecule is C[C@@H](Cn1ccnc1)NC(=O)N1CCN(Cc2ccsc2)CC1. The minimum atomic E-state index is 0.0350. The van der Waals surface area contributed by atoms with Crippen LogP contribution in [0.5, 0.6) is 0 Å². The summed E-state index contributed by atoms with van der Waals surface area (Å²) in [5.41, 5.74) is 1.36. The van der Waals surface area contributed by atoms with Gasteiger partial charge in [0.05, 0.1) is 6.33 Å². The fourth-order valence-corrected chi connectivity index (χ4v) is 3.47. The smallest absolute Gasteiger partial charge is 0.317 e. The van der Waals surface area contributed by atoms with Gasteiger partial charge in [-0.1, -0.05) is 0 Å². The Balaban J connectivity index is 1.41. The van der Waals surface area contributed by atoms with E-state index in [1.165, 1.54) is 5.56 Å². The summed E-state index contributed by atoms with van der Waals surface area (Å²) in [7, 11) is 0. The number of nitrogens with one attached hydrogen (secondary N) is 1. The topological polar surface area (TPSA) is 53.4 Å². The number of amides is 2. The highest BCUT2D eigenvalue weighted by molar-refractivity contribution is 7.07. The second-order valence-electron chi connectivity index (χ2n) is 6.00. The van der Waals surface area contributed by atoms with Crippen LogP contribution in [0.3, 0.4) is 0 Å². The summed E-state index contributed by atoms with van der Waals surface area (Å²) >= 11 is 1.73. The molecule has 3 heterocycles. The molecule has 0 spiro atoms. The normalized spacial score (nSPS) is 17.2. The van der Waals surface area contributed by atoms with Crippen LogP contribution in [-0.2, 0) is 13.1 Å². The molecule has 7 heteroatoms. The zero-order chi connectivity index (χ0) is 16.1. The maximum Gasteiger partial charge on any atom is 0.317 e. The van der Waals surface area contributed by atoms with Gasteiger partial charge < -0.3 is 14.8 Å². The molecule has 0 aromatic carbocycles. The number of carbonyl (C=O) groups is 1. The first kappa shape index (κ1) is 16.0. The Hall–Kier alpha value is -1.86. The lowest BCUT2D eigenvalue weighted by Gasteiger charge is -2.35. The lowest BCUT2D eigenvalue weighted by Crippen LogP contribution is -2.53. The van der Waals surface area contributed by atoms with Crippen LogP contribution in [0.1, 0.15) is 12.5 Å². The summed E-state index contributed by atoms with van der Waals surface area (Å²) in [6.07, 6.45) is 5.43. The van der Waals surface area contributed by atoms with Crippen molar-refractivity contribution in [1.82, 2.24) is 24.7 Å². The molecule has 1 fully saturated rings. The largest absolute Gasteiger partial charge is 0.335 e. The molecule has 2 aromatic rings. The van der Waals surface area contributed by atoms with Crippen LogP contribution in [0, 0.1) is 0 Å². The third-order valence-electron chi connectivity index (χ3n) is 4.06. The molecule has 2 amide bonds. The van der Waals surface area contributed by atoms with Crippen molar-refractivity contribution in [1.29, 1.82) is 0 Å². The first-order valence-corrected chi connectivity index (χ1v) is 8.89. The molecule has 1 aliphatic heterocycles. The molecule has 0 radical (unpaired) electrons. The van der Waals surface area contributed by atoms with Crippen LogP contribution in [0.2, 0.25) is 0 Å². The van der Waals surface area contributed by atoms with Gasteiger partial charge >= 0.3 is 6.03 Å². The summed E-state index contributed by atoms with van der Waals surface area (Å²) in [6, 6.07) is 2.29. The Labute approximate surface area is 140 Å². The van der Waals surface area contributed by atoms with Crippen molar-refractivity contribution in [3.8, 4) is 0 Å². The van der Waals surface area contributed by atoms with Crippen molar-refractivity contribution in [2.24, 2.45) is 0 Å². The lowest BCUT2D eigenvalue weighted by molar-refractivity contribution is 0.133. The standard InChI is InChI=1S/C16H23N5OS/c1-14(10-20-4-3-17-13-20)18-16(22)21-7-5-19(6-8-21)11-15-2-9-23-12-15/h2-4,9,12-14H,5-8,10-11H2,1H3,(H,18,22)/t14-/m0/s1. The predicted octanol–water partition coefficient (Wildman–Crippen LogP) is 1.86. The zero-order valence-corrected chi connectivity index (χ0v) is 14.2. The van der Waals surface area contributed by atoms with Crippen molar-refractivity contribution >= 4 is 17.4 Å². The minimum absolute atomic E-state index is 0.0350. The number of hydrogen-bond acceptors (Lipinski definition) is 4. The minimum Gasteiger partial charge on any atom is -0.335 e. The summed E-state index contributed by atoms with van der Waals surface area (Å²) in [4.78, 5) is 20.7. The molecule has 0 bridgehead atoms. The first-order valence-electron chi connectivity index (χ1n) is 7.95. The number of aromatic nitrogens is 2. The molecular weight excluding hydrogens is 310 g/mol. The highest BCUT2D eigenvalue weighted by Gasteiger charge is 2.22. The van der Waals surface area contributed by atoms with Crippen molar-refractivity contribution in [3.63, 3.8) is 0 Å². The van der Waals surface area contributed by atoms with Crippen molar-refractivity contribution in [3.05, 3.63) is 41.1 Å². The van der Waals surface area contributed by atoms with Crippen molar-refractivity contribution < 1.29 is 4.79 Å². The molecular formula is C16H23N5OS. The van der Waals surface area contributed by atoms with Crippen molar-refractivity contribution in [2.45, 2.75) is 26.1 Å². The summed E-state index contributed by atoms with van der Waals surface area (Å²) < 4.78 is 1.98.